The molecule has 0 amide bonds. The third-order valence-corrected chi connectivity index (χ3v) is 3.69. The number of carbonyl (C=O) groups is 1. The van der Waals surface area contributed by atoms with Gasteiger partial charge in [-0.15, -0.1) is 0 Å². The summed E-state index contributed by atoms with van der Waals surface area (Å²) in [6, 6.07) is 4.54. The molecule has 1 fully saturated rings. The van der Waals surface area contributed by atoms with Crippen LogP contribution in [0.15, 0.2) is 23.1 Å². The molecule has 5 heteroatoms. The van der Waals surface area contributed by atoms with Crippen LogP contribution in [0.2, 0.25) is 0 Å². The summed E-state index contributed by atoms with van der Waals surface area (Å²) < 4.78 is 28.8. The van der Waals surface area contributed by atoms with Crippen LogP contribution in [-0.2, 0) is 9.84 Å². The van der Waals surface area contributed by atoms with Crippen molar-refractivity contribution in [2.75, 3.05) is 6.26 Å². The van der Waals surface area contributed by atoms with Crippen molar-refractivity contribution in [3.8, 4) is 5.75 Å². The van der Waals surface area contributed by atoms with Crippen molar-refractivity contribution < 1.29 is 17.9 Å². The maximum atomic E-state index is 11.6. The highest BCUT2D eigenvalue weighted by Gasteiger charge is 2.26. The topological polar surface area (TPSA) is 60.4 Å². The molecule has 1 aromatic rings. The van der Waals surface area contributed by atoms with Gasteiger partial charge in [-0.3, -0.25) is 4.79 Å². The first-order chi connectivity index (χ1) is 7.88. The van der Waals surface area contributed by atoms with Crippen LogP contribution in [0.3, 0.4) is 0 Å². The van der Waals surface area contributed by atoms with Crippen LogP contribution >= 0.6 is 0 Å². The zero-order valence-electron chi connectivity index (χ0n) is 9.76. The third kappa shape index (κ3) is 2.85. The molecule has 17 heavy (non-hydrogen) atoms. The van der Waals surface area contributed by atoms with Gasteiger partial charge in [0.2, 0.25) is 0 Å². The van der Waals surface area contributed by atoms with E-state index in [9.17, 15) is 13.2 Å². The Bertz CT molecular complexity index is 556. The van der Waals surface area contributed by atoms with Crippen LogP contribution in [0.1, 0.15) is 30.1 Å². The van der Waals surface area contributed by atoms with E-state index in [2.05, 4.69) is 0 Å². The predicted octanol–water partition coefficient (Wildman–Crippen LogP) is 1.83. The minimum absolute atomic E-state index is 0.0945. The smallest absolute Gasteiger partial charge is 0.179 e. The fourth-order valence-electron chi connectivity index (χ4n) is 1.48. The van der Waals surface area contributed by atoms with Crippen LogP contribution < -0.4 is 4.74 Å². The Hall–Kier alpha value is -1.36. The number of hydrogen-bond donors (Lipinski definition) is 0. The standard InChI is InChI=1S/C12H14O4S/c1-8(13)9-3-6-11(16-10-4-5-10)12(7-9)17(2,14)15/h3,6-7,10H,4-5H2,1-2H3. The van der Waals surface area contributed by atoms with E-state index in [0.717, 1.165) is 19.1 Å². The van der Waals surface area contributed by atoms with Gasteiger partial charge in [-0.1, -0.05) is 0 Å². The number of Topliss-reactive ketones (excluding diaryl/α,β-unsaturated/α-hetero) is 1. The first-order valence-corrected chi connectivity index (χ1v) is 7.29. The lowest BCUT2D eigenvalue weighted by Gasteiger charge is -2.10. The Balaban J connectivity index is 2.47. The number of ether oxygens (including phenoxy) is 1. The molecular formula is C12H14O4S. The number of rotatable bonds is 4. The summed E-state index contributed by atoms with van der Waals surface area (Å²) in [5.74, 6) is 0.188. The third-order valence-electron chi connectivity index (χ3n) is 2.57. The summed E-state index contributed by atoms with van der Waals surface area (Å²) in [6.07, 6.45) is 3.15. The molecule has 0 aliphatic heterocycles. The molecule has 0 aromatic heterocycles. The zero-order valence-corrected chi connectivity index (χ0v) is 10.6. The largest absolute Gasteiger partial charge is 0.489 e. The summed E-state index contributed by atoms with van der Waals surface area (Å²) in [5, 5.41) is 0. The van der Waals surface area contributed by atoms with E-state index in [1.54, 1.807) is 12.1 Å². The number of carbonyl (C=O) groups excluding carboxylic acids is 1. The van der Waals surface area contributed by atoms with Crippen LogP contribution in [0, 0.1) is 0 Å². The number of sulfone groups is 1. The highest BCUT2D eigenvalue weighted by atomic mass is 32.2. The minimum atomic E-state index is -3.38. The monoisotopic (exact) mass is 254 g/mol. The molecule has 0 spiro atoms. The zero-order chi connectivity index (χ0) is 12.6. The molecule has 2 rings (SSSR count). The molecule has 1 aromatic carbocycles. The molecule has 92 valence electrons. The highest BCUT2D eigenvalue weighted by Crippen LogP contribution is 2.32. The molecule has 0 unspecified atom stereocenters. The number of hydrogen-bond acceptors (Lipinski definition) is 4. The molecule has 0 radical (unpaired) electrons. The highest BCUT2D eigenvalue weighted by molar-refractivity contribution is 7.90. The van der Waals surface area contributed by atoms with Crippen molar-refractivity contribution in [3.05, 3.63) is 23.8 Å². The lowest BCUT2D eigenvalue weighted by molar-refractivity contribution is 0.101. The molecule has 1 saturated carbocycles. The Kier molecular flexibility index (Phi) is 2.95. The summed E-state index contributed by atoms with van der Waals surface area (Å²) in [5.41, 5.74) is 0.383. The Labute approximate surface area is 101 Å². The van der Waals surface area contributed by atoms with Gasteiger partial charge in [-0.2, -0.15) is 0 Å². The Morgan fingerprint density at radius 3 is 2.47 bits per heavy atom. The lowest BCUT2D eigenvalue weighted by atomic mass is 10.1. The molecule has 0 N–H and O–H groups in total. The van der Waals surface area contributed by atoms with Gasteiger partial charge in [-0.25, -0.2) is 8.42 Å². The van der Waals surface area contributed by atoms with E-state index >= 15 is 0 Å². The summed E-state index contributed by atoms with van der Waals surface area (Å²) in [4.78, 5) is 11.3. The maximum Gasteiger partial charge on any atom is 0.179 e. The lowest BCUT2D eigenvalue weighted by Crippen LogP contribution is -2.06. The van der Waals surface area contributed by atoms with Gasteiger partial charge in [0.25, 0.3) is 0 Å². The van der Waals surface area contributed by atoms with Crippen LogP contribution in [0.5, 0.6) is 5.75 Å². The molecule has 0 atom stereocenters. The normalized spacial score (nSPS) is 15.6. The van der Waals surface area contributed by atoms with E-state index < -0.39 is 9.84 Å². The van der Waals surface area contributed by atoms with Crippen LogP contribution in [0.4, 0.5) is 0 Å². The van der Waals surface area contributed by atoms with E-state index in [1.165, 1.54) is 13.0 Å². The van der Waals surface area contributed by atoms with Gasteiger partial charge in [0.1, 0.15) is 10.6 Å². The second kappa shape index (κ2) is 4.14. The van der Waals surface area contributed by atoms with Gasteiger partial charge in [0, 0.05) is 11.8 Å². The van der Waals surface area contributed by atoms with E-state index in [1.807, 2.05) is 0 Å². The molecule has 4 nitrogen and oxygen atoms in total. The van der Waals surface area contributed by atoms with Crippen LogP contribution in [-0.4, -0.2) is 26.6 Å². The van der Waals surface area contributed by atoms with Crippen molar-refractivity contribution in [3.63, 3.8) is 0 Å². The van der Waals surface area contributed by atoms with E-state index in [4.69, 9.17) is 4.74 Å². The minimum Gasteiger partial charge on any atom is -0.489 e. The molecular weight excluding hydrogens is 240 g/mol. The average molecular weight is 254 g/mol. The summed E-state index contributed by atoms with van der Waals surface area (Å²) in [7, 11) is -3.38. The SMILES string of the molecule is CC(=O)c1ccc(OC2CC2)c(S(C)(=O)=O)c1. The van der Waals surface area contributed by atoms with E-state index in [-0.39, 0.29) is 16.8 Å². The molecule has 0 bridgehead atoms. The second-order valence-corrected chi connectivity index (χ2v) is 6.29. The quantitative estimate of drug-likeness (QED) is 0.769. The van der Waals surface area contributed by atoms with Crippen molar-refractivity contribution in [2.24, 2.45) is 0 Å². The van der Waals surface area contributed by atoms with Gasteiger partial charge < -0.3 is 4.74 Å². The Morgan fingerprint density at radius 1 is 1.35 bits per heavy atom. The maximum absolute atomic E-state index is 11.6. The molecule has 0 saturated heterocycles. The summed E-state index contributed by atoms with van der Waals surface area (Å²) in [6.45, 7) is 1.41. The first-order valence-electron chi connectivity index (χ1n) is 5.39. The molecule has 0 heterocycles. The van der Waals surface area contributed by atoms with Crippen LogP contribution in [0.25, 0.3) is 0 Å². The fraction of sp³-hybridized carbons (Fsp3) is 0.417. The van der Waals surface area contributed by atoms with Gasteiger partial charge in [0.05, 0.1) is 6.10 Å². The van der Waals surface area contributed by atoms with Gasteiger partial charge in [-0.05, 0) is 38.0 Å². The molecule has 1 aliphatic carbocycles. The van der Waals surface area contributed by atoms with Gasteiger partial charge >= 0.3 is 0 Å². The van der Waals surface area contributed by atoms with Crippen molar-refractivity contribution >= 4 is 15.6 Å². The summed E-state index contributed by atoms with van der Waals surface area (Å²) >= 11 is 0. The van der Waals surface area contributed by atoms with E-state index in [0.29, 0.717) is 11.3 Å². The van der Waals surface area contributed by atoms with Gasteiger partial charge in [0.15, 0.2) is 15.6 Å². The first kappa shape index (κ1) is 12.1. The number of ketones is 1. The van der Waals surface area contributed by atoms with Crippen molar-refractivity contribution in [1.82, 2.24) is 0 Å². The molecule has 1 aliphatic rings. The second-order valence-electron chi connectivity index (χ2n) is 4.31. The average Bonchev–Trinajstić information content (AvgIpc) is 3.00. The Morgan fingerprint density at radius 2 is 2.00 bits per heavy atom. The van der Waals surface area contributed by atoms with Crippen molar-refractivity contribution in [2.45, 2.75) is 30.8 Å². The fourth-order valence-corrected chi connectivity index (χ4v) is 2.30. The predicted molar refractivity (Wildman–Crippen MR) is 63.2 cm³/mol. The number of benzene rings is 1. The van der Waals surface area contributed by atoms with Crippen molar-refractivity contribution in [1.29, 1.82) is 0 Å².